The molecule has 6 heteroatoms. The van der Waals surface area contributed by atoms with Crippen LogP contribution < -0.4 is 0 Å². The van der Waals surface area contributed by atoms with Crippen molar-refractivity contribution in [3.05, 3.63) is 46.5 Å². The van der Waals surface area contributed by atoms with Gasteiger partial charge in [0.2, 0.25) is 5.91 Å². The van der Waals surface area contributed by atoms with Gasteiger partial charge in [-0.25, -0.2) is 0 Å². The molecule has 3 heterocycles. The van der Waals surface area contributed by atoms with Gasteiger partial charge in [-0.3, -0.25) is 9.69 Å². The SMILES string of the molecule is C[C@@H]1CN(C(=O)CN(Cc2ccco2)Cc2cccs2)CCO1. The van der Waals surface area contributed by atoms with Crippen LogP contribution in [0.5, 0.6) is 0 Å². The number of furan rings is 1. The van der Waals surface area contributed by atoms with E-state index in [1.165, 1.54) is 4.88 Å². The Morgan fingerprint density at radius 2 is 2.30 bits per heavy atom. The van der Waals surface area contributed by atoms with Crippen LogP contribution in [0.2, 0.25) is 0 Å². The Bertz CT molecular complexity index is 561. The molecule has 0 saturated carbocycles. The van der Waals surface area contributed by atoms with Gasteiger partial charge in [0, 0.05) is 24.5 Å². The summed E-state index contributed by atoms with van der Waals surface area (Å²) in [5, 5.41) is 2.06. The summed E-state index contributed by atoms with van der Waals surface area (Å²) in [5.74, 6) is 1.04. The fraction of sp³-hybridized carbons (Fsp3) is 0.471. The zero-order valence-corrected chi connectivity index (χ0v) is 14.1. The van der Waals surface area contributed by atoms with E-state index in [0.717, 1.165) is 12.3 Å². The lowest BCUT2D eigenvalue weighted by atomic mass is 10.2. The van der Waals surface area contributed by atoms with Crippen LogP contribution in [0.15, 0.2) is 40.3 Å². The number of rotatable bonds is 6. The summed E-state index contributed by atoms with van der Waals surface area (Å²) in [6, 6.07) is 7.96. The van der Waals surface area contributed by atoms with Crippen molar-refractivity contribution >= 4 is 17.2 Å². The smallest absolute Gasteiger partial charge is 0.236 e. The number of carbonyl (C=O) groups excluding carboxylic acids is 1. The van der Waals surface area contributed by atoms with Gasteiger partial charge in [0.1, 0.15) is 5.76 Å². The van der Waals surface area contributed by atoms with E-state index < -0.39 is 0 Å². The molecule has 0 N–H and O–H groups in total. The summed E-state index contributed by atoms with van der Waals surface area (Å²) >= 11 is 1.71. The molecule has 0 spiro atoms. The Morgan fingerprint density at radius 1 is 1.39 bits per heavy atom. The maximum Gasteiger partial charge on any atom is 0.236 e. The minimum atomic E-state index is 0.114. The zero-order chi connectivity index (χ0) is 16.1. The summed E-state index contributed by atoms with van der Waals surface area (Å²) < 4.78 is 11.0. The summed E-state index contributed by atoms with van der Waals surface area (Å²) in [7, 11) is 0. The van der Waals surface area contributed by atoms with Gasteiger partial charge < -0.3 is 14.1 Å². The lowest BCUT2D eigenvalue weighted by molar-refractivity contribution is -0.139. The van der Waals surface area contributed by atoms with Crippen LogP contribution in [0.3, 0.4) is 0 Å². The summed E-state index contributed by atoms with van der Waals surface area (Å²) in [6.07, 6.45) is 1.79. The first-order valence-electron chi connectivity index (χ1n) is 7.87. The molecule has 0 radical (unpaired) electrons. The lowest BCUT2D eigenvalue weighted by Crippen LogP contribution is -2.48. The molecule has 2 aromatic rings. The second-order valence-electron chi connectivity index (χ2n) is 5.83. The Kier molecular flexibility index (Phi) is 5.48. The minimum Gasteiger partial charge on any atom is -0.468 e. The molecule has 1 atom stereocenters. The van der Waals surface area contributed by atoms with Crippen LogP contribution in [0.1, 0.15) is 17.6 Å². The molecule has 1 saturated heterocycles. The fourth-order valence-electron chi connectivity index (χ4n) is 2.75. The highest BCUT2D eigenvalue weighted by Gasteiger charge is 2.23. The van der Waals surface area contributed by atoms with E-state index in [1.54, 1.807) is 17.6 Å². The predicted octanol–water partition coefficient (Wildman–Crippen LogP) is 2.59. The van der Waals surface area contributed by atoms with Crippen molar-refractivity contribution in [2.45, 2.75) is 26.1 Å². The van der Waals surface area contributed by atoms with Gasteiger partial charge in [0.05, 0.1) is 32.1 Å². The normalized spacial score (nSPS) is 18.5. The number of ether oxygens (including phenoxy) is 1. The first-order valence-corrected chi connectivity index (χ1v) is 8.75. The number of carbonyl (C=O) groups is 1. The molecule has 1 aliphatic rings. The Balaban J connectivity index is 1.63. The monoisotopic (exact) mass is 334 g/mol. The number of amides is 1. The number of nitrogens with zero attached hydrogens (tertiary/aromatic N) is 2. The van der Waals surface area contributed by atoms with Crippen LogP contribution in [-0.4, -0.2) is 48.1 Å². The Labute approximate surface area is 140 Å². The highest BCUT2D eigenvalue weighted by molar-refractivity contribution is 7.09. The highest BCUT2D eigenvalue weighted by atomic mass is 32.1. The molecular formula is C17H22N2O3S. The summed E-state index contributed by atoms with van der Waals surface area (Å²) in [5.41, 5.74) is 0. The molecule has 3 rings (SSSR count). The molecule has 1 aliphatic heterocycles. The van der Waals surface area contributed by atoms with E-state index >= 15 is 0 Å². The van der Waals surface area contributed by atoms with Crippen molar-refractivity contribution in [2.75, 3.05) is 26.2 Å². The van der Waals surface area contributed by atoms with Crippen molar-refractivity contribution in [3.8, 4) is 0 Å². The maximum absolute atomic E-state index is 12.6. The van der Waals surface area contributed by atoms with Crippen molar-refractivity contribution in [1.82, 2.24) is 9.80 Å². The van der Waals surface area contributed by atoms with Crippen LogP contribution in [-0.2, 0) is 22.6 Å². The minimum absolute atomic E-state index is 0.114. The second kappa shape index (κ2) is 7.77. The van der Waals surface area contributed by atoms with Crippen LogP contribution in [0.4, 0.5) is 0 Å². The number of morpholine rings is 1. The third-order valence-electron chi connectivity index (χ3n) is 3.87. The van der Waals surface area contributed by atoms with Gasteiger partial charge in [-0.1, -0.05) is 6.07 Å². The van der Waals surface area contributed by atoms with Gasteiger partial charge in [-0.15, -0.1) is 11.3 Å². The fourth-order valence-corrected chi connectivity index (χ4v) is 3.50. The molecule has 0 aliphatic carbocycles. The van der Waals surface area contributed by atoms with E-state index in [9.17, 15) is 4.79 Å². The van der Waals surface area contributed by atoms with E-state index in [2.05, 4.69) is 16.3 Å². The van der Waals surface area contributed by atoms with Crippen LogP contribution >= 0.6 is 11.3 Å². The van der Waals surface area contributed by atoms with Crippen molar-refractivity contribution in [1.29, 1.82) is 0 Å². The molecule has 5 nitrogen and oxygen atoms in total. The standard InChI is InChI=1S/C17H22N2O3S/c1-14-10-19(6-8-21-14)17(20)13-18(11-15-4-2-7-22-15)12-16-5-3-9-23-16/h2-5,7,9,14H,6,8,10-13H2,1H3/t14-/m1/s1. The molecule has 0 aromatic carbocycles. The Hall–Kier alpha value is -1.63. The summed E-state index contributed by atoms with van der Waals surface area (Å²) in [4.78, 5) is 17.9. The molecule has 0 bridgehead atoms. The molecule has 2 aromatic heterocycles. The number of thiophene rings is 1. The van der Waals surface area contributed by atoms with E-state index in [1.807, 2.05) is 30.0 Å². The van der Waals surface area contributed by atoms with Gasteiger partial charge >= 0.3 is 0 Å². The molecule has 1 amide bonds. The molecule has 0 unspecified atom stereocenters. The summed E-state index contributed by atoms with van der Waals surface area (Å²) in [6.45, 7) is 5.76. The Morgan fingerprint density at radius 3 is 3.00 bits per heavy atom. The van der Waals surface area contributed by atoms with Crippen LogP contribution in [0, 0.1) is 0 Å². The average Bonchev–Trinajstić information content (AvgIpc) is 3.21. The van der Waals surface area contributed by atoms with Crippen LogP contribution in [0.25, 0.3) is 0 Å². The quantitative estimate of drug-likeness (QED) is 0.815. The number of hydrogen-bond acceptors (Lipinski definition) is 5. The first kappa shape index (κ1) is 16.2. The topological polar surface area (TPSA) is 45.9 Å². The van der Waals surface area contributed by atoms with Gasteiger partial charge in [-0.05, 0) is 30.5 Å². The zero-order valence-electron chi connectivity index (χ0n) is 13.3. The lowest BCUT2D eigenvalue weighted by Gasteiger charge is -2.32. The maximum atomic E-state index is 12.6. The third kappa shape index (κ3) is 4.67. The van der Waals surface area contributed by atoms with E-state index in [0.29, 0.717) is 32.8 Å². The van der Waals surface area contributed by atoms with Gasteiger partial charge in [0.15, 0.2) is 0 Å². The largest absolute Gasteiger partial charge is 0.468 e. The van der Waals surface area contributed by atoms with E-state index in [4.69, 9.17) is 9.15 Å². The molecule has 124 valence electrons. The highest BCUT2D eigenvalue weighted by Crippen LogP contribution is 2.15. The molecule has 23 heavy (non-hydrogen) atoms. The number of hydrogen-bond donors (Lipinski definition) is 0. The predicted molar refractivity (Wildman–Crippen MR) is 89.1 cm³/mol. The van der Waals surface area contributed by atoms with Crippen molar-refractivity contribution in [2.24, 2.45) is 0 Å². The third-order valence-corrected chi connectivity index (χ3v) is 4.73. The van der Waals surface area contributed by atoms with Gasteiger partial charge in [-0.2, -0.15) is 0 Å². The average molecular weight is 334 g/mol. The molecule has 1 fully saturated rings. The van der Waals surface area contributed by atoms with Gasteiger partial charge in [0.25, 0.3) is 0 Å². The first-order chi connectivity index (χ1) is 11.2. The molecular weight excluding hydrogens is 312 g/mol. The van der Waals surface area contributed by atoms with Crippen molar-refractivity contribution in [3.63, 3.8) is 0 Å². The second-order valence-corrected chi connectivity index (χ2v) is 6.86. The van der Waals surface area contributed by atoms with E-state index in [-0.39, 0.29) is 12.0 Å². The van der Waals surface area contributed by atoms with Crippen molar-refractivity contribution < 1.29 is 13.9 Å².